The van der Waals surface area contributed by atoms with Gasteiger partial charge in [-0.25, -0.2) is 4.98 Å². The number of nitrogens with zero attached hydrogens (tertiary/aromatic N) is 1. The number of hydrogen-bond donors (Lipinski definition) is 3. The van der Waals surface area contributed by atoms with E-state index in [4.69, 9.17) is 5.73 Å². The first-order chi connectivity index (χ1) is 10.7. The summed E-state index contributed by atoms with van der Waals surface area (Å²) in [5.74, 6) is 0.888. The molecule has 0 bridgehead atoms. The molecule has 0 saturated carbocycles. The Bertz CT molecular complexity index is 569. The number of aryl methyl sites for hydroxylation is 1. The number of anilines is 2. The number of amides is 1. The highest BCUT2D eigenvalue weighted by Gasteiger charge is 2.01. The van der Waals surface area contributed by atoms with Crippen LogP contribution in [0.25, 0.3) is 0 Å². The van der Waals surface area contributed by atoms with Crippen molar-refractivity contribution >= 4 is 17.4 Å². The number of nitrogens with one attached hydrogen (secondary N) is 2. The molecule has 2 aromatic rings. The third-order valence-electron chi connectivity index (χ3n) is 3.25. The van der Waals surface area contributed by atoms with Gasteiger partial charge in [0.1, 0.15) is 5.82 Å². The predicted molar refractivity (Wildman–Crippen MR) is 89.5 cm³/mol. The second-order valence-electron chi connectivity index (χ2n) is 5.09. The van der Waals surface area contributed by atoms with Crippen LogP contribution in [0.5, 0.6) is 0 Å². The average molecular weight is 298 g/mol. The van der Waals surface area contributed by atoms with Gasteiger partial charge in [-0.3, -0.25) is 4.79 Å². The van der Waals surface area contributed by atoms with Crippen LogP contribution in [0.15, 0.2) is 48.7 Å². The van der Waals surface area contributed by atoms with Crippen LogP contribution in [0.3, 0.4) is 0 Å². The van der Waals surface area contributed by atoms with E-state index in [2.05, 4.69) is 15.6 Å². The molecule has 0 aliphatic rings. The van der Waals surface area contributed by atoms with E-state index in [-0.39, 0.29) is 5.91 Å². The van der Waals surface area contributed by atoms with Crippen molar-refractivity contribution in [2.24, 2.45) is 0 Å². The van der Waals surface area contributed by atoms with E-state index >= 15 is 0 Å². The van der Waals surface area contributed by atoms with Gasteiger partial charge in [0.2, 0.25) is 5.91 Å². The molecule has 0 fully saturated rings. The van der Waals surface area contributed by atoms with E-state index in [0.717, 1.165) is 25.2 Å². The van der Waals surface area contributed by atoms with Gasteiger partial charge in [-0.2, -0.15) is 0 Å². The Balaban J connectivity index is 1.54. The summed E-state index contributed by atoms with van der Waals surface area (Å²) in [6, 6.07) is 13.7. The lowest BCUT2D eigenvalue weighted by Crippen LogP contribution is -2.26. The number of hydrogen-bond acceptors (Lipinski definition) is 4. The second-order valence-corrected chi connectivity index (χ2v) is 5.09. The van der Waals surface area contributed by atoms with Gasteiger partial charge >= 0.3 is 0 Å². The number of benzene rings is 1. The minimum absolute atomic E-state index is 0.0921. The van der Waals surface area contributed by atoms with Crippen LogP contribution in [0.1, 0.15) is 18.4 Å². The number of pyridine rings is 1. The highest BCUT2D eigenvalue weighted by molar-refractivity contribution is 5.76. The minimum atomic E-state index is 0.0921. The first-order valence-electron chi connectivity index (χ1n) is 7.50. The Morgan fingerprint density at radius 3 is 2.64 bits per heavy atom. The van der Waals surface area contributed by atoms with Gasteiger partial charge in [0.05, 0.1) is 11.9 Å². The maximum atomic E-state index is 11.7. The molecule has 0 aliphatic carbocycles. The molecular formula is C17H22N4O. The van der Waals surface area contributed by atoms with Crippen LogP contribution in [-0.4, -0.2) is 24.0 Å². The average Bonchev–Trinajstić information content (AvgIpc) is 2.55. The quantitative estimate of drug-likeness (QED) is 0.653. The van der Waals surface area contributed by atoms with Crippen molar-refractivity contribution in [3.63, 3.8) is 0 Å². The van der Waals surface area contributed by atoms with Crippen LogP contribution in [0.4, 0.5) is 11.5 Å². The molecule has 1 amide bonds. The monoisotopic (exact) mass is 298 g/mol. The van der Waals surface area contributed by atoms with Gasteiger partial charge in [-0.05, 0) is 30.5 Å². The molecule has 2 rings (SSSR count). The molecule has 1 aromatic heterocycles. The fourth-order valence-electron chi connectivity index (χ4n) is 2.03. The molecule has 0 radical (unpaired) electrons. The highest BCUT2D eigenvalue weighted by Crippen LogP contribution is 2.05. The number of carbonyl (C=O) groups is 1. The molecule has 4 N–H and O–H groups in total. The van der Waals surface area contributed by atoms with Crippen molar-refractivity contribution in [2.45, 2.75) is 19.3 Å². The second kappa shape index (κ2) is 8.67. The Morgan fingerprint density at radius 2 is 1.91 bits per heavy atom. The number of nitrogen functional groups attached to an aromatic ring is 1. The van der Waals surface area contributed by atoms with Gasteiger partial charge in [0.15, 0.2) is 0 Å². The summed E-state index contributed by atoms with van der Waals surface area (Å²) in [5.41, 5.74) is 7.41. The summed E-state index contributed by atoms with van der Waals surface area (Å²) in [6.45, 7) is 1.42. The third-order valence-corrected chi connectivity index (χ3v) is 3.25. The van der Waals surface area contributed by atoms with Gasteiger partial charge in [0.25, 0.3) is 0 Å². The maximum absolute atomic E-state index is 11.7. The number of aromatic nitrogens is 1. The van der Waals surface area contributed by atoms with Crippen molar-refractivity contribution in [1.82, 2.24) is 10.3 Å². The van der Waals surface area contributed by atoms with Gasteiger partial charge in [-0.15, -0.1) is 0 Å². The third kappa shape index (κ3) is 5.83. The zero-order chi connectivity index (χ0) is 15.6. The Morgan fingerprint density at radius 1 is 1.09 bits per heavy atom. The lowest BCUT2D eigenvalue weighted by atomic mass is 10.1. The molecule has 1 heterocycles. The number of nitrogens with two attached hydrogens (primary N) is 1. The van der Waals surface area contributed by atoms with E-state index in [1.807, 2.05) is 36.4 Å². The molecule has 116 valence electrons. The number of rotatable bonds is 8. The van der Waals surface area contributed by atoms with E-state index < -0.39 is 0 Å². The molecule has 0 saturated heterocycles. The summed E-state index contributed by atoms with van der Waals surface area (Å²) < 4.78 is 0. The van der Waals surface area contributed by atoms with Crippen LogP contribution in [0, 0.1) is 0 Å². The first kappa shape index (κ1) is 15.8. The molecule has 0 unspecified atom stereocenters. The SMILES string of the molecule is Nc1ccc(NCCCNC(=O)CCc2ccccc2)nc1. The van der Waals surface area contributed by atoms with Crippen molar-refractivity contribution < 1.29 is 4.79 Å². The molecule has 0 atom stereocenters. The maximum Gasteiger partial charge on any atom is 0.220 e. The Labute approximate surface area is 130 Å². The zero-order valence-corrected chi connectivity index (χ0v) is 12.6. The molecule has 22 heavy (non-hydrogen) atoms. The van der Waals surface area contributed by atoms with Crippen LogP contribution < -0.4 is 16.4 Å². The van der Waals surface area contributed by atoms with Gasteiger partial charge in [-0.1, -0.05) is 30.3 Å². The Hall–Kier alpha value is -2.56. The standard InChI is InChI=1S/C17H22N4O/c18-15-8-9-16(21-13-15)19-11-4-12-20-17(22)10-7-14-5-2-1-3-6-14/h1-3,5-6,8-9,13H,4,7,10-12,18H2,(H,19,21)(H,20,22). The summed E-state index contributed by atoms with van der Waals surface area (Å²) in [5, 5.41) is 6.11. The van der Waals surface area contributed by atoms with Crippen LogP contribution in [0.2, 0.25) is 0 Å². The topological polar surface area (TPSA) is 80.0 Å². The predicted octanol–water partition coefficient (Wildman–Crippen LogP) is 2.21. The van der Waals surface area contributed by atoms with Crippen molar-refractivity contribution in [1.29, 1.82) is 0 Å². The van der Waals surface area contributed by atoms with Gasteiger partial charge in [0, 0.05) is 19.5 Å². The van der Waals surface area contributed by atoms with Crippen molar-refractivity contribution in [3.05, 3.63) is 54.2 Å². The molecule has 1 aromatic carbocycles. The van der Waals surface area contributed by atoms with Crippen molar-refractivity contribution in [3.8, 4) is 0 Å². The highest BCUT2D eigenvalue weighted by atomic mass is 16.1. The zero-order valence-electron chi connectivity index (χ0n) is 12.6. The van der Waals surface area contributed by atoms with E-state index in [9.17, 15) is 4.79 Å². The lowest BCUT2D eigenvalue weighted by Gasteiger charge is -2.07. The Kier molecular flexibility index (Phi) is 6.23. The molecule has 0 aliphatic heterocycles. The minimum Gasteiger partial charge on any atom is -0.397 e. The summed E-state index contributed by atoms with van der Waals surface area (Å²) >= 11 is 0. The summed E-state index contributed by atoms with van der Waals surface area (Å²) in [7, 11) is 0. The van der Waals surface area contributed by atoms with Crippen LogP contribution >= 0.6 is 0 Å². The van der Waals surface area contributed by atoms with E-state index in [1.54, 1.807) is 12.3 Å². The summed E-state index contributed by atoms with van der Waals surface area (Å²) in [4.78, 5) is 15.9. The fourth-order valence-corrected chi connectivity index (χ4v) is 2.03. The van der Waals surface area contributed by atoms with E-state index in [0.29, 0.717) is 18.7 Å². The lowest BCUT2D eigenvalue weighted by molar-refractivity contribution is -0.121. The molecule has 5 nitrogen and oxygen atoms in total. The number of carbonyl (C=O) groups excluding carboxylic acids is 1. The largest absolute Gasteiger partial charge is 0.397 e. The normalized spacial score (nSPS) is 10.2. The summed E-state index contributed by atoms with van der Waals surface area (Å²) in [6.07, 6.45) is 3.77. The first-order valence-corrected chi connectivity index (χ1v) is 7.50. The van der Waals surface area contributed by atoms with Gasteiger partial charge < -0.3 is 16.4 Å². The molecular weight excluding hydrogens is 276 g/mol. The van der Waals surface area contributed by atoms with E-state index in [1.165, 1.54) is 5.56 Å². The smallest absolute Gasteiger partial charge is 0.220 e. The molecule has 0 spiro atoms. The van der Waals surface area contributed by atoms with Crippen LogP contribution in [-0.2, 0) is 11.2 Å². The molecule has 5 heteroatoms. The van der Waals surface area contributed by atoms with Crippen molar-refractivity contribution in [2.75, 3.05) is 24.1 Å². The fraction of sp³-hybridized carbons (Fsp3) is 0.294.